The summed E-state index contributed by atoms with van der Waals surface area (Å²) >= 11 is 0. The van der Waals surface area contributed by atoms with Crippen molar-refractivity contribution >= 4 is 0 Å². The van der Waals surface area contributed by atoms with E-state index in [1.165, 1.54) is 0 Å². The highest BCUT2D eigenvalue weighted by molar-refractivity contribution is 5.63. The first-order valence-corrected chi connectivity index (χ1v) is 5.95. The Labute approximate surface area is 106 Å². The number of rotatable bonds is 6. The number of nitrogens with one attached hydrogen (secondary N) is 1. The standard InChI is InChI=1S/C13H17N3O2/c1-14-9-5-8-12-15-13(16-18-12)10-6-3-4-7-11(10)17-2/h3-4,6-7,14H,5,8-9H2,1-2H3. The summed E-state index contributed by atoms with van der Waals surface area (Å²) in [5.74, 6) is 1.98. The van der Waals surface area contributed by atoms with Crippen LogP contribution in [-0.4, -0.2) is 30.8 Å². The summed E-state index contributed by atoms with van der Waals surface area (Å²) in [5, 5.41) is 7.07. The summed E-state index contributed by atoms with van der Waals surface area (Å²) in [5.41, 5.74) is 0.851. The highest BCUT2D eigenvalue weighted by Gasteiger charge is 2.12. The lowest BCUT2D eigenvalue weighted by molar-refractivity contribution is 0.375. The van der Waals surface area contributed by atoms with Crippen molar-refractivity contribution < 1.29 is 9.26 Å². The molecule has 0 radical (unpaired) electrons. The van der Waals surface area contributed by atoms with E-state index in [1.54, 1.807) is 7.11 Å². The molecule has 96 valence electrons. The van der Waals surface area contributed by atoms with Crippen molar-refractivity contribution in [1.29, 1.82) is 0 Å². The molecule has 1 aromatic heterocycles. The van der Waals surface area contributed by atoms with E-state index in [0.29, 0.717) is 11.7 Å². The van der Waals surface area contributed by atoms with Crippen LogP contribution in [0.3, 0.4) is 0 Å². The van der Waals surface area contributed by atoms with Crippen LogP contribution in [0, 0.1) is 0 Å². The van der Waals surface area contributed by atoms with E-state index in [9.17, 15) is 0 Å². The Bertz CT molecular complexity index is 496. The van der Waals surface area contributed by atoms with Gasteiger partial charge in [-0.1, -0.05) is 17.3 Å². The van der Waals surface area contributed by atoms with Crippen LogP contribution in [0.1, 0.15) is 12.3 Å². The van der Waals surface area contributed by atoms with Crippen molar-refractivity contribution in [3.05, 3.63) is 30.2 Å². The number of para-hydroxylation sites is 1. The van der Waals surface area contributed by atoms with Crippen LogP contribution in [0.4, 0.5) is 0 Å². The fraction of sp³-hybridized carbons (Fsp3) is 0.385. The molecule has 2 aromatic rings. The van der Waals surface area contributed by atoms with Gasteiger partial charge in [0.25, 0.3) is 0 Å². The molecule has 0 atom stereocenters. The fourth-order valence-electron chi connectivity index (χ4n) is 1.71. The van der Waals surface area contributed by atoms with Gasteiger partial charge in [0.15, 0.2) is 0 Å². The maximum atomic E-state index is 5.28. The largest absolute Gasteiger partial charge is 0.496 e. The SMILES string of the molecule is CNCCCc1nc(-c2ccccc2OC)no1. The average Bonchev–Trinajstić information content (AvgIpc) is 2.88. The molecule has 0 aliphatic heterocycles. The van der Waals surface area contributed by atoms with Crippen LogP contribution in [0.15, 0.2) is 28.8 Å². The quantitative estimate of drug-likeness (QED) is 0.790. The number of aromatic nitrogens is 2. The van der Waals surface area contributed by atoms with Crippen molar-refractivity contribution in [2.45, 2.75) is 12.8 Å². The lowest BCUT2D eigenvalue weighted by Crippen LogP contribution is -2.08. The molecule has 0 aliphatic carbocycles. The lowest BCUT2D eigenvalue weighted by Gasteiger charge is -2.02. The highest BCUT2D eigenvalue weighted by Crippen LogP contribution is 2.27. The van der Waals surface area contributed by atoms with Gasteiger partial charge in [-0.25, -0.2) is 0 Å². The minimum atomic E-state index is 0.576. The minimum Gasteiger partial charge on any atom is -0.496 e. The normalized spacial score (nSPS) is 10.6. The zero-order valence-corrected chi connectivity index (χ0v) is 10.6. The number of hydrogen-bond donors (Lipinski definition) is 1. The van der Waals surface area contributed by atoms with Crippen LogP contribution in [-0.2, 0) is 6.42 Å². The van der Waals surface area contributed by atoms with Crippen LogP contribution in [0.2, 0.25) is 0 Å². The summed E-state index contributed by atoms with van der Waals surface area (Å²) in [7, 11) is 3.56. The Morgan fingerprint density at radius 1 is 1.33 bits per heavy atom. The molecule has 1 aromatic carbocycles. The van der Waals surface area contributed by atoms with Gasteiger partial charge in [0.05, 0.1) is 12.7 Å². The van der Waals surface area contributed by atoms with Crippen molar-refractivity contribution in [3.8, 4) is 17.1 Å². The first kappa shape index (κ1) is 12.6. The fourth-order valence-corrected chi connectivity index (χ4v) is 1.71. The van der Waals surface area contributed by atoms with Gasteiger partial charge < -0.3 is 14.6 Å². The van der Waals surface area contributed by atoms with Gasteiger partial charge in [-0.2, -0.15) is 4.98 Å². The molecule has 0 saturated heterocycles. The molecule has 0 unspecified atom stereocenters. The van der Waals surface area contributed by atoms with Gasteiger partial charge in [0.2, 0.25) is 11.7 Å². The van der Waals surface area contributed by atoms with Crippen molar-refractivity contribution in [2.24, 2.45) is 0 Å². The lowest BCUT2D eigenvalue weighted by atomic mass is 10.2. The molecule has 1 N–H and O–H groups in total. The van der Waals surface area contributed by atoms with E-state index < -0.39 is 0 Å². The molecule has 5 nitrogen and oxygen atoms in total. The maximum absolute atomic E-state index is 5.28. The van der Waals surface area contributed by atoms with E-state index >= 15 is 0 Å². The Balaban J connectivity index is 2.13. The van der Waals surface area contributed by atoms with Crippen LogP contribution < -0.4 is 10.1 Å². The van der Waals surface area contributed by atoms with Gasteiger partial charge in [-0.05, 0) is 32.1 Å². The zero-order chi connectivity index (χ0) is 12.8. The highest BCUT2D eigenvalue weighted by atomic mass is 16.5. The summed E-state index contributed by atoms with van der Waals surface area (Å²) in [6.07, 6.45) is 1.76. The molecule has 5 heteroatoms. The molecule has 0 saturated carbocycles. The van der Waals surface area contributed by atoms with E-state index in [4.69, 9.17) is 9.26 Å². The monoisotopic (exact) mass is 247 g/mol. The Hall–Kier alpha value is -1.88. The Morgan fingerprint density at radius 3 is 2.94 bits per heavy atom. The molecule has 0 fully saturated rings. The smallest absolute Gasteiger partial charge is 0.227 e. The summed E-state index contributed by atoms with van der Waals surface area (Å²) < 4.78 is 10.5. The molecule has 0 bridgehead atoms. The van der Waals surface area contributed by atoms with Crippen LogP contribution in [0.5, 0.6) is 5.75 Å². The maximum Gasteiger partial charge on any atom is 0.227 e. The topological polar surface area (TPSA) is 60.2 Å². The average molecular weight is 247 g/mol. The third-order valence-corrected chi connectivity index (χ3v) is 2.63. The van der Waals surface area contributed by atoms with Crippen LogP contribution in [0.25, 0.3) is 11.4 Å². The van der Waals surface area contributed by atoms with Crippen molar-refractivity contribution in [1.82, 2.24) is 15.5 Å². The summed E-state index contributed by atoms with van der Waals surface area (Å²) in [4.78, 5) is 4.38. The van der Waals surface area contributed by atoms with Gasteiger partial charge in [0, 0.05) is 6.42 Å². The Kier molecular flexibility index (Phi) is 4.30. The predicted octanol–water partition coefficient (Wildman–Crippen LogP) is 1.90. The number of nitrogens with zero attached hydrogens (tertiary/aromatic N) is 2. The van der Waals surface area contributed by atoms with Gasteiger partial charge in [-0.3, -0.25) is 0 Å². The van der Waals surface area contributed by atoms with Crippen molar-refractivity contribution in [3.63, 3.8) is 0 Å². The number of hydrogen-bond acceptors (Lipinski definition) is 5. The molecule has 0 amide bonds. The Morgan fingerprint density at radius 2 is 2.17 bits per heavy atom. The third kappa shape index (κ3) is 2.87. The molecular weight excluding hydrogens is 230 g/mol. The third-order valence-electron chi connectivity index (χ3n) is 2.63. The molecule has 1 heterocycles. The van der Waals surface area contributed by atoms with Crippen molar-refractivity contribution in [2.75, 3.05) is 20.7 Å². The molecular formula is C13H17N3O2. The second-order valence-corrected chi connectivity index (χ2v) is 3.92. The molecule has 0 spiro atoms. The number of benzene rings is 1. The van der Waals surface area contributed by atoms with Gasteiger partial charge in [-0.15, -0.1) is 0 Å². The number of methoxy groups -OCH3 is 1. The molecule has 2 rings (SSSR count). The minimum absolute atomic E-state index is 0.576. The van der Waals surface area contributed by atoms with E-state index in [1.807, 2.05) is 31.3 Å². The van der Waals surface area contributed by atoms with Crippen LogP contribution >= 0.6 is 0 Å². The summed E-state index contributed by atoms with van der Waals surface area (Å²) in [6, 6.07) is 7.64. The number of ether oxygens (including phenoxy) is 1. The molecule has 18 heavy (non-hydrogen) atoms. The van der Waals surface area contributed by atoms with E-state index in [-0.39, 0.29) is 0 Å². The predicted molar refractivity (Wildman–Crippen MR) is 68.5 cm³/mol. The molecule has 0 aliphatic rings. The van der Waals surface area contributed by atoms with E-state index in [2.05, 4.69) is 15.5 Å². The van der Waals surface area contributed by atoms with Gasteiger partial charge >= 0.3 is 0 Å². The van der Waals surface area contributed by atoms with Gasteiger partial charge in [0.1, 0.15) is 5.75 Å². The summed E-state index contributed by atoms with van der Waals surface area (Å²) in [6.45, 7) is 0.937. The zero-order valence-electron chi connectivity index (χ0n) is 10.6. The van der Waals surface area contributed by atoms with E-state index in [0.717, 1.165) is 30.7 Å². The second kappa shape index (κ2) is 6.16. The first-order valence-electron chi connectivity index (χ1n) is 5.95. The first-order chi connectivity index (χ1) is 8.85. The second-order valence-electron chi connectivity index (χ2n) is 3.92. The number of aryl methyl sites for hydroxylation is 1.